The quantitative estimate of drug-likeness (QED) is 0.831. The molecule has 0 spiro atoms. The van der Waals surface area contributed by atoms with Crippen molar-refractivity contribution in [2.45, 2.75) is 12.7 Å². The predicted molar refractivity (Wildman–Crippen MR) is 66.4 cm³/mol. The van der Waals surface area contributed by atoms with Gasteiger partial charge in [-0.3, -0.25) is 0 Å². The third kappa shape index (κ3) is 2.67. The van der Waals surface area contributed by atoms with E-state index in [1.165, 1.54) is 0 Å². The van der Waals surface area contributed by atoms with E-state index in [-0.39, 0.29) is 12.1 Å². The van der Waals surface area contributed by atoms with Crippen molar-refractivity contribution in [3.63, 3.8) is 0 Å². The van der Waals surface area contributed by atoms with Gasteiger partial charge in [0.25, 0.3) is 0 Å². The number of piperidine rings is 1. The van der Waals surface area contributed by atoms with Crippen molar-refractivity contribution >= 4 is 0 Å². The maximum absolute atomic E-state index is 13.1. The number of nitrogens with one attached hydrogen (secondary N) is 2. The van der Waals surface area contributed by atoms with Gasteiger partial charge in [0, 0.05) is 6.54 Å². The highest BCUT2D eigenvalue weighted by Crippen LogP contribution is 2.48. The Morgan fingerprint density at radius 3 is 2.55 bits per heavy atom. The molecule has 0 radical (unpaired) electrons. The lowest BCUT2D eigenvalue weighted by Gasteiger charge is -2.14. The molecule has 0 bridgehead atoms. The van der Waals surface area contributed by atoms with Crippen molar-refractivity contribution in [2.24, 2.45) is 17.8 Å². The Morgan fingerprint density at radius 1 is 1.20 bits per heavy atom. The highest BCUT2D eigenvalue weighted by atomic mass is 19.4. The van der Waals surface area contributed by atoms with Gasteiger partial charge in [-0.05, 0) is 61.2 Å². The Balaban J connectivity index is 1.60. The maximum Gasteiger partial charge on any atom is 0.416 e. The van der Waals surface area contributed by atoms with Crippen LogP contribution in [0, 0.1) is 23.6 Å². The number of hydrogen-bond acceptors (Lipinski definition) is 2. The Bertz CT molecular complexity index is 490. The molecule has 0 amide bonds. The number of benzene rings is 1. The van der Waals surface area contributed by atoms with Crippen LogP contribution in [-0.2, 0) is 12.7 Å². The Kier molecular flexibility index (Phi) is 3.46. The summed E-state index contributed by atoms with van der Waals surface area (Å²) < 4.78 is 51.5. The van der Waals surface area contributed by atoms with Gasteiger partial charge >= 0.3 is 6.18 Å². The van der Waals surface area contributed by atoms with Crippen molar-refractivity contribution in [1.82, 2.24) is 10.6 Å². The predicted octanol–water partition coefficient (Wildman–Crippen LogP) is 2.40. The molecule has 3 rings (SSSR count). The fourth-order valence-electron chi connectivity index (χ4n) is 3.21. The van der Waals surface area contributed by atoms with Gasteiger partial charge in [0.15, 0.2) is 0 Å². The van der Waals surface area contributed by atoms with Gasteiger partial charge < -0.3 is 10.6 Å². The van der Waals surface area contributed by atoms with E-state index in [2.05, 4.69) is 10.6 Å². The minimum Gasteiger partial charge on any atom is -0.316 e. The van der Waals surface area contributed by atoms with Gasteiger partial charge in [0.05, 0.1) is 5.56 Å². The molecule has 2 aliphatic rings. The van der Waals surface area contributed by atoms with Gasteiger partial charge in [-0.25, -0.2) is 4.39 Å². The molecular weight excluding hydrogens is 272 g/mol. The lowest BCUT2D eigenvalue weighted by atomic mass is 10.1. The summed E-state index contributed by atoms with van der Waals surface area (Å²) in [6, 6.07) is 2.62. The first kappa shape index (κ1) is 13.8. The molecular formula is C14H16F4N2. The zero-order valence-electron chi connectivity index (χ0n) is 10.8. The zero-order valence-corrected chi connectivity index (χ0v) is 10.8. The van der Waals surface area contributed by atoms with E-state index in [9.17, 15) is 17.6 Å². The summed E-state index contributed by atoms with van der Waals surface area (Å²) in [6.45, 7) is 2.76. The third-order valence-corrected chi connectivity index (χ3v) is 4.34. The molecule has 2 unspecified atom stereocenters. The second kappa shape index (κ2) is 5.00. The summed E-state index contributed by atoms with van der Waals surface area (Å²) in [5, 5.41) is 6.31. The largest absolute Gasteiger partial charge is 0.416 e. The summed E-state index contributed by atoms with van der Waals surface area (Å²) in [4.78, 5) is 0. The molecule has 0 aromatic heterocycles. The van der Waals surface area contributed by atoms with Gasteiger partial charge in [0.1, 0.15) is 5.82 Å². The van der Waals surface area contributed by atoms with Crippen LogP contribution < -0.4 is 10.6 Å². The minimum atomic E-state index is -4.44. The Morgan fingerprint density at radius 2 is 1.90 bits per heavy atom. The molecule has 20 heavy (non-hydrogen) atoms. The number of rotatable bonds is 4. The van der Waals surface area contributed by atoms with Crippen LogP contribution >= 0.6 is 0 Å². The highest BCUT2D eigenvalue weighted by molar-refractivity contribution is 5.30. The van der Waals surface area contributed by atoms with Crippen LogP contribution in [0.5, 0.6) is 0 Å². The van der Waals surface area contributed by atoms with Crippen LogP contribution in [0.15, 0.2) is 18.2 Å². The molecule has 2 fully saturated rings. The first-order valence-electron chi connectivity index (χ1n) is 6.74. The second-order valence-electron chi connectivity index (χ2n) is 5.58. The molecule has 6 heteroatoms. The summed E-state index contributed by atoms with van der Waals surface area (Å²) >= 11 is 0. The molecule has 1 aliphatic carbocycles. The Hall–Kier alpha value is -1.14. The van der Waals surface area contributed by atoms with Gasteiger partial charge in [0.2, 0.25) is 0 Å². The minimum absolute atomic E-state index is 0.0264. The fourth-order valence-corrected chi connectivity index (χ4v) is 3.21. The van der Waals surface area contributed by atoms with Gasteiger partial charge in [-0.1, -0.05) is 0 Å². The van der Waals surface area contributed by atoms with Crippen molar-refractivity contribution < 1.29 is 17.6 Å². The molecule has 2 nitrogen and oxygen atoms in total. The molecule has 110 valence electrons. The van der Waals surface area contributed by atoms with Crippen LogP contribution in [0.3, 0.4) is 0 Å². The zero-order chi connectivity index (χ0) is 14.3. The summed E-state index contributed by atoms with van der Waals surface area (Å²) in [5.74, 6) is 1.25. The smallest absolute Gasteiger partial charge is 0.316 e. The first-order chi connectivity index (χ1) is 9.47. The lowest BCUT2D eigenvalue weighted by molar-refractivity contribution is -0.138. The van der Waals surface area contributed by atoms with Crippen LogP contribution in [0.2, 0.25) is 0 Å². The molecule has 1 heterocycles. The van der Waals surface area contributed by atoms with E-state index in [1.807, 2.05) is 0 Å². The summed E-state index contributed by atoms with van der Waals surface area (Å²) in [7, 11) is 0. The highest BCUT2D eigenvalue weighted by Gasteiger charge is 2.52. The van der Waals surface area contributed by atoms with Crippen LogP contribution in [0.25, 0.3) is 0 Å². The molecule has 1 aliphatic heterocycles. The number of alkyl halides is 3. The second-order valence-corrected chi connectivity index (χ2v) is 5.58. The lowest BCUT2D eigenvalue weighted by Crippen LogP contribution is -2.24. The van der Waals surface area contributed by atoms with Gasteiger partial charge in [-0.2, -0.15) is 13.2 Å². The maximum atomic E-state index is 13.1. The topological polar surface area (TPSA) is 24.1 Å². The average molecular weight is 288 g/mol. The van der Waals surface area contributed by atoms with Crippen molar-refractivity contribution in [2.75, 3.05) is 19.6 Å². The number of hydrogen-bond donors (Lipinski definition) is 2. The van der Waals surface area contributed by atoms with E-state index < -0.39 is 17.6 Å². The standard InChI is InChI=1S/C14H16F4N2/c15-9-1-2-13(14(16,17)18)8(3-9)4-19-5-10-11-6-20-7-12(10)11/h1-3,10-12,19-20H,4-7H2. The fraction of sp³-hybridized carbons (Fsp3) is 0.571. The van der Waals surface area contributed by atoms with Crippen LogP contribution in [0.1, 0.15) is 11.1 Å². The number of fused-ring (bicyclic) bond motifs is 1. The summed E-state index contributed by atoms with van der Waals surface area (Å²) in [6.07, 6.45) is -4.44. The molecule has 1 aromatic rings. The Labute approximate surface area is 114 Å². The molecule has 2 atom stereocenters. The molecule has 1 saturated heterocycles. The van der Waals surface area contributed by atoms with E-state index in [0.717, 1.165) is 31.3 Å². The molecule has 1 saturated carbocycles. The van der Waals surface area contributed by atoms with Crippen molar-refractivity contribution in [3.8, 4) is 0 Å². The van der Waals surface area contributed by atoms with Crippen LogP contribution in [-0.4, -0.2) is 19.6 Å². The monoisotopic (exact) mass is 288 g/mol. The van der Waals surface area contributed by atoms with E-state index in [0.29, 0.717) is 24.3 Å². The third-order valence-electron chi connectivity index (χ3n) is 4.34. The molecule has 1 aromatic carbocycles. The summed E-state index contributed by atoms with van der Waals surface area (Å²) in [5.41, 5.74) is -0.787. The first-order valence-corrected chi connectivity index (χ1v) is 6.74. The SMILES string of the molecule is Fc1ccc(C(F)(F)F)c(CNCC2C3CNCC23)c1. The average Bonchev–Trinajstić information content (AvgIpc) is 2.81. The van der Waals surface area contributed by atoms with Crippen molar-refractivity contribution in [3.05, 3.63) is 35.1 Å². The van der Waals surface area contributed by atoms with E-state index in [4.69, 9.17) is 0 Å². The van der Waals surface area contributed by atoms with E-state index >= 15 is 0 Å². The van der Waals surface area contributed by atoms with E-state index in [1.54, 1.807) is 0 Å². The molecule has 2 N–H and O–H groups in total. The van der Waals surface area contributed by atoms with Crippen LogP contribution in [0.4, 0.5) is 17.6 Å². The van der Waals surface area contributed by atoms with Crippen molar-refractivity contribution in [1.29, 1.82) is 0 Å². The van der Waals surface area contributed by atoms with Gasteiger partial charge in [-0.15, -0.1) is 0 Å². The normalized spacial score (nSPS) is 28.5. The number of halogens is 4.